The lowest BCUT2D eigenvalue weighted by Crippen LogP contribution is -2.11. The monoisotopic (exact) mass is 901 g/mol. The summed E-state index contributed by atoms with van der Waals surface area (Å²) >= 11 is 0. The number of nitriles is 1. The zero-order valence-corrected chi connectivity index (χ0v) is 36.5. The zero-order valence-electron chi connectivity index (χ0n) is 36.5. The highest BCUT2D eigenvalue weighted by Crippen LogP contribution is 2.44. The Labute approximate surface area is 387 Å². The second-order valence-corrected chi connectivity index (χ2v) is 17.3. The first kappa shape index (κ1) is 42.3. The fraction of sp³-hybridized carbons (Fsp3) is 0.0678. The molecule has 330 valence electrons. The maximum absolute atomic E-state index is 14.3. The molecule has 68 heavy (non-hydrogen) atoms. The topological polar surface area (TPSA) is 33.6 Å². The van der Waals surface area contributed by atoms with Crippen LogP contribution >= 0.6 is 0 Å². The van der Waals surface area contributed by atoms with Crippen LogP contribution in [0.5, 0.6) is 0 Å². The van der Waals surface area contributed by atoms with E-state index in [9.17, 15) is 31.6 Å². The van der Waals surface area contributed by atoms with E-state index in [1.54, 1.807) is 24.3 Å². The summed E-state index contributed by atoms with van der Waals surface area (Å²) < 4.78 is 90.1. The number of halogens is 6. The predicted octanol–water partition coefficient (Wildman–Crippen LogP) is 17.1. The van der Waals surface area contributed by atoms with Crippen molar-refractivity contribution in [3.63, 3.8) is 0 Å². The number of aryl methyl sites for hydroxylation is 2. The maximum Gasteiger partial charge on any atom is 0.416 e. The van der Waals surface area contributed by atoms with E-state index in [2.05, 4.69) is 82.8 Å². The minimum atomic E-state index is -5.05. The van der Waals surface area contributed by atoms with Gasteiger partial charge in [-0.2, -0.15) is 31.6 Å². The zero-order chi connectivity index (χ0) is 47.1. The molecule has 0 radical (unpaired) electrons. The Morgan fingerprint density at radius 3 is 1.41 bits per heavy atom. The molecule has 0 aliphatic carbocycles. The van der Waals surface area contributed by atoms with E-state index in [4.69, 9.17) is 0 Å². The SMILES string of the molecule is Cc1cccc(-c2ccc3c(c2)c2ccccc2n3-c2ccc(C#N)c(-c3cc(-c4cc(C(F)(F)F)cc(C(F)(F)F)c4)ccc3-n3c4ccccc4c4cc(-c5cccc(C)c5)ccc43)c2)c1. The second kappa shape index (κ2) is 15.9. The second-order valence-electron chi connectivity index (χ2n) is 17.3. The van der Waals surface area contributed by atoms with Crippen molar-refractivity contribution < 1.29 is 26.3 Å². The van der Waals surface area contributed by atoms with Crippen molar-refractivity contribution in [2.45, 2.75) is 26.2 Å². The van der Waals surface area contributed by atoms with Gasteiger partial charge in [0.15, 0.2) is 0 Å². The molecule has 9 heteroatoms. The quantitative estimate of drug-likeness (QED) is 0.153. The molecule has 0 bridgehead atoms. The minimum Gasteiger partial charge on any atom is -0.309 e. The molecule has 0 aliphatic rings. The molecule has 2 heterocycles. The van der Waals surface area contributed by atoms with Gasteiger partial charge in [-0.3, -0.25) is 0 Å². The smallest absolute Gasteiger partial charge is 0.309 e. The van der Waals surface area contributed by atoms with Crippen LogP contribution in [-0.2, 0) is 12.4 Å². The van der Waals surface area contributed by atoms with Crippen molar-refractivity contribution >= 4 is 43.6 Å². The summed E-state index contributed by atoms with van der Waals surface area (Å²) in [4.78, 5) is 0. The number of fused-ring (bicyclic) bond motifs is 6. The van der Waals surface area contributed by atoms with Crippen LogP contribution in [0.1, 0.15) is 27.8 Å². The molecule has 0 fully saturated rings. The number of para-hydroxylation sites is 2. The molecule has 9 aromatic carbocycles. The van der Waals surface area contributed by atoms with E-state index in [0.717, 1.165) is 89.1 Å². The average molecular weight is 902 g/mol. The summed E-state index contributed by atoms with van der Waals surface area (Å²) in [6, 6.07) is 59.3. The summed E-state index contributed by atoms with van der Waals surface area (Å²) in [6.07, 6.45) is -10.1. The Morgan fingerprint density at radius 2 is 0.868 bits per heavy atom. The lowest BCUT2D eigenvalue weighted by molar-refractivity contribution is -0.143. The standard InChI is InChI=1S/C59H37F6N3/c1-35-9-7-11-37(25-35)39-18-22-55-50(29-39)47-13-3-5-15-53(47)67(55)46-21-17-42(34-66)49(33-46)52-31-41(43-27-44(58(60,61)62)32-45(28-43)59(63,64)65)20-24-57(52)68-54-16-6-4-14-48(54)51-30-40(19-23-56(51)68)38-12-8-10-36(2)26-38/h3-33H,1-2H3. The molecule has 0 saturated heterocycles. The Bertz CT molecular complexity index is 3850. The summed E-state index contributed by atoms with van der Waals surface area (Å²) in [5.74, 6) is 0. The summed E-state index contributed by atoms with van der Waals surface area (Å²) in [5, 5.41) is 14.7. The highest BCUT2D eigenvalue weighted by molar-refractivity contribution is 6.12. The molecule has 0 N–H and O–H groups in total. The lowest BCUT2D eigenvalue weighted by atomic mass is 9.92. The molecular weight excluding hydrogens is 865 g/mol. The number of hydrogen-bond donors (Lipinski definition) is 0. The van der Waals surface area contributed by atoms with Gasteiger partial charge in [-0.1, -0.05) is 114 Å². The molecule has 0 amide bonds. The van der Waals surface area contributed by atoms with Gasteiger partial charge in [0, 0.05) is 38.4 Å². The third-order valence-corrected chi connectivity index (χ3v) is 12.9. The fourth-order valence-electron chi connectivity index (χ4n) is 9.73. The number of rotatable bonds is 6. The van der Waals surface area contributed by atoms with Gasteiger partial charge < -0.3 is 9.13 Å². The molecule has 0 spiro atoms. The Hall–Kier alpha value is -8.35. The van der Waals surface area contributed by atoms with Gasteiger partial charge >= 0.3 is 12.4 Å². The van der Waals surface area contributed by atoms with Crippen molar-refractivity contribution in [1.29, 1.82) is 5.26 Å². The van der Waals surface area contributed by atoms with Crippen LogP contribution in [0, 0.1) is 25.2 Å². The third kappa shape index (κ3) is 7.26. The van der Waals surface area contributed by atoms with Crippen LogP contribution in [0.3, 0.4) is 0 Å². The molecule has 11 aromatic rings. The van der Waals surface area contributed by atoms with Crippen LogP contribution in [0.2, 0.25) is 0 Å². The number of hydrogen-bond acceptors (Lipinski definition) is 1. The largest absolute Gasteiger partial charge is 0.416 e. The van der Waals surface area contributed by atoms with Crippen molar-refractivity contribution in [3.8, 4) is 62.0 Å². The maximum atomic E-state index is 14.3. The number of nitrogens with zero attached hydrogens (tertiary/aromatic N) is 3. The van der Waals surface area contributed by atoms with Gasteiger partial charge in [0.05, 0.1) is 50.5 Å². The van der Waals surface area contributed by atoms with Gasteiger partial charge in [0.1, 0.15) is 0 Å². The Balaban J connectivity index is 1.19. The molecule has 0 unspecified atom stereocenters. The Morgan fingerprint density at radius 1 is 0.382 bits per heavy atom. The molecule has 11 rings (SSSR count). The number of aromatic nitrogens is 2. The van der Waals surface area contributed by atoms with Crippen LogP contribution in [0.4, 0.5) is 26.3 Å². The summed E-state index contributed by atoms with van der Waals surface area (Å²) in [6.45, 7) is 4.09. The highest BCUT2D eigenvalue weighted by atomic mass is 19.4. The summed E-state index contributed by atoms with van der Waals surface area (Å²) in [5.41, 5.74) is 9.27. The minimum absolute atomic E-state index is 0.109. The summed E-state index contributed by atoms with van der Waals surface area (Å²) in [7, 11) is 0. The first-order chi connectivity index (χ1) is 32.7. The van der Waals surface area contributed by atoms with Crippen molar-refractivity contribution in [1.82, 2.24) is 9.13 Å². The molecular formula is C59H37F6N3. The van der Waals surface area contributed by atoms with E-state index >= 15 is 0 Å². The third-order valence-electron chi connectivity index (χ3n) is 12.9. The van der Waals surface area contributed by atoms with Gasteiger partial charge in [-0.05, 0) is 132 Å². The van der Waals surface area contributed by atoms with E-state index in [1.165, 1.54) is 0 Å². The molecule has 0 aliphatic heterocycles. The van der Waals surface area contributed by atoms with Gasteiger partial charge in [0.25, 0.3) is 0 Å². The molecule has 2 aromatic heterocycles. The van der Waals surface area contributed by atoms with Crippen molar-refractivity contribution in [2.24, 2.45) is 0 Å². The lowest BCUT2D eigenvalue weighted by Gasteiger charge is -2.19. The highest BCUT2D eigenvalue weighted by Gasteiger charge is 2.37. The van der Waals surface area contributed by atoms with Crippen molar-refractivity contribution in [3.05, 3.63) is 216 Å². The van der Waals surface area contributed by atoms with Gasteiger partial charge in [0.2, 0.25) is 0 Å². The normalized spacial score (nSPS) is 12.1. The van der Waals surface area contributed by atoms with E-state index in [-0.39, 0.29) is 22.8 Å². The van der Waals surface area contributed by atoms with Gasteiger partial charge in [-0.25, -0.2) is 0 Å². The van der Waals surface area contributed by atoms with Gasteiger partial charge in [-0.15, -0.1) is 0 Å². The van der Waals surface area contributed by atoms with Crippen molar-refractivity contribution in [2.75, 3.05) is 0 Å². The Kier molecular flexibility index (Phi) is 9.90. The molecule has 0 saturated carbocycles. The van der Waals surface area contributed by atoms with Crippen LogP contribution in [-0.4, -0.2) is 9.13 Å². The first-order valence-electron chi connectivity index (χ1n) is 21.9. The van der Waals surface area contributed by atoms with Crippen LogP contribution in [0.15, 0.2) is 188 Å². The van der Waals surface area contributed by atoms with E-state index in [0.29, 0.717) is 22.5 Å². The molecule has 3 nitrogen and oxygen atoms in total. The first-order valence-corrected chi connectivity index (χ1v) is 21.9. The number of benzene rings is 9. The van der Waals surface area contributed by atoms with Crippen LogP contribution < -0.4 is 0 Å². The predicted molar refractivity (Wildman–Crippen MR) is 261 cm³/mol. The van der Waals surface area contributed by atoms with E-state index < -0.39 is 23.5 Å². The number of alkyl halides is 6. The van der Waals surface area contributed by atoms with Crippen LogP contribution in [0.25, 0.3) is 99.5 Å². The average Bonchev–Trinajstić information content (AvgIpc) is 3.85. The van der Waals surface area contributed by atoms with E-state index in [1.807, 2.05) is 91.9 Å². The molecule has 0 atom stereocenters. The fourth-order valence-corrected chi connectivity index (χ4v) is 9.73.